The molecule has 5 nitrogen and oxygen atoms in total. The lowest BCUT2D eigenvalue weighted by Gasteiger charge is -2.06. The van der Waals surface area contributed by atoms with Crippen LogP contribution < -0.4 is 4.65 Å². The number of ether oxygens (including phenoxy) is 1. The summed E-state index contributed by atoms with van der Waals surface area (Å²) >= 11 is 0. The predicted molar refractivity (Wildman–Crippen MR) is 62.2 cm³/mol. The third kappa shape index (κ3) is 5.37. The number of rotatable bonds is 6. The molecule has 0 radical (unpaired) electrons. The number of carbonyl (C=O) groups is 1. The van der Waals surface area contributed by atoms with Crippen LogP contribution in [0.4, 0.5) is 0 Å². The smallest absolute Gasteiger partial charge is 0.512 e. The zero-order chi connectivity index (χ0) is 12.7. The van der Waals surface area contributed by atoms with Crippen LogP contribution in [-0.4, -0.2) is 29.9 Å². The Morgan fingerprint density at radius 3 is 2.47 bits per heavy atom. The van der Waals surface area contributed by atoms with E-state index >= 15 is 0 Å². The van der Waals surface area contributed by atoms with E-state index in [4.69, 9.17) is 14.8 Å². The summed E-state index contributed by atoms with van der Waals surface area (Å²) in [5.74, 6) is 0.137. The SMILES string of the molecule is CCOC(=O)CCc1ccc(OB(O)O)cc1. The van der Waals surface area contributed by atoms with E-state index in [1.54, 1.807) is 31.2 Å². The maximum absolute atomic E-state index is 11.1. The van der Waals surface area contributed by atoms with Gasteiger partial charge in [0, 0.05) is 6.42 Å². The molecule has 92 valence electrons. The van der Waals surface area contributed by atoms with Gasteiger partial charge in [-0.3, -0.25) is 4.79 Å². The number of hydrogen-bond acceptors (Lipinski definition) is 5. The molecular formula is C11H15BO5. The van der Waals surface area contributed by atoms with Gasteiger partial charge in [-0.15, -0.1) is 0 Å². The van der Waals surface area contributed by atoms with Gasteiger partial charge in [0.1, 0.15) is 5.75 Å². The Balaban J connectivity index is 2.42. The van der Waals surface area contributed by atoms with Crippen molar-refractivity contribution in [3.8, 4) is 5.75 Å². The Labute approximate surface area is 100 Å². The van der Waals surface area contributed by atoms with Gasteiger partial charge < -0.3 is 19.4 Å². The van der Waals surface area contributed by atoms with Crippen molar-refractivity contribution in [2.45, 2.75) is 19.8 Å². The van der Waals surface area contributed by atoms with E-state index in [0.717, 1.165) is 5.56 Å². The van der Waals surface area contributed by atoms with E-state index in [0.29, 0.717) is 25.2 Å². The van der Waals surface area contributed by atoms with Crippen molar-refractivity contribution in [2.24, 2.45) is 0 Å². The summed E-state index contributed by atoms with van der Waals surface area (Å²) in [6.45, 7) is 2.16. The Hall–Kier alpha value is -1.53. The van der Waals surface area contributed by atoms with Gasteiger partial charge in [-0.25, -0.2) is 0 Å². The molecule has 0 saturated carbocycles. The second kappa shape index (κ2) is 6.93. The molecule has 0 bridgehead atoms. The van der Waals surface area contributed by atoms with Gasteiger partial charge in [0.25, 0.3) is 0 Å². The third-order valence-electron chi connectivity index (χ3n) is 2.09. The number of esters is 1. The normalized spacial score (nSPS) is 9.82. The van der Waals surface area contributed by atoms with Crippen LogP contribution in [0.25, 0.3) is 0 Å². The lowest BCUT2D eigenvalue weighted by atomic mass is 10.1. The van der Waals surface area contributed by atoms with Crippen molar-refractivity contribution in [1.82, 2.24) is 0 Å². The van der Waals surface area contributed by atoms with Crippen LogP contribution in [0.15, 0.2) is 24.3 Å². The lowest BCUT2D eigenvalue weighted by Crippen LogP contribution is -2.20. The molecule has 0 unspecified atom stereocenters. The van der Waals surface area contributed by atoms with Crippen molar-refractivity contribution >= 4 is 13.3 Å². The van der Waals surface area contributed by atoms with Gasteiger partial charge in [-0.05, 0) is 31.0 Å². The molecule has 0 fully saturated rings. The van der Waals surface area contributed by atoms with Crippen LogP contribution in [0.3, 0.4) is 0 Å². The zero-order valence-corrected chi connectivity index (χ0v) is 9.63. The van der Waals surface area contributed by atoms with Crippen molar-refractivity contribution in [1.29, 1.82) is 0 Å². The third-order valence-corrected chi connectivity index (χ3v) is 2.09. The van der Waals surface area contributed by atoms with Crippen molar-refractivity contribution < 1.29 is 24.2 Å². The van der Waals surface area contributed by atoms with E-state index in [1.165, 1.54) is 0 Å². The first-order valence-corrected chi connectivity index (χ1v) is 5.39. The molecule has 0 aliphatic heterocycles. The second-order valence-corrected chi connectivity index (χ2v) is 3.39. The molecule has 0 aromatic heterocycles. The van der Waals surface area contributed by atoms with Crippen molar-refractivity contribution in [3.05, 3.63) is 29.8 Å². The lowest BCUT2D eigenvalue weighted by molar-refractivity contribution is -0.143. The summed E-state index contributed by atoms with van der Waals surface area (Å²) in [4.78, 5) is 11.1. The summed E-state index contributed by atoms with van der Waals surface area (Å²) in [6, 6.07) is 6.74. The van der Waals surface area contributed by atoms with Crippen LogP contribution in [0.5, 0.6) is 5.75 Å². The van der Waals surface area contributed by atoms with Crippen molar-refractivity contribution in [3.63, 3.8) is 0 Å². The minimum absolute atomic E-state index is 0.224. The summed E-state index contributed by atoms with van der Waals surface area (Å²) in [7, 11) is -1.82. The Bertz CT molecular complexity index is 349. The van der Waals surface area contributed by atoms with E-state index in [1.807, 2.05) is 0 Å². The van der Waals surface area contributed by atoms with E-state index in [-0.39, 0.29) is 5.97 Å². The fourth-order valence-electron chi connectivity index (χ4n) is 1.34. The van der Waals surface area contributed by atoms with Crippen LogP contribution in [0.1, 0.15) is 18.9 Å². The molecular weight excluding hydrogens is 223 g/mol. The first-order chi connectivity index (χ1) is 8.11. The Morgan fingerprint density at radius 1 is 1.29 bits per heavy atom. The van der Waals surface area contributed by atoms with Gasteiger partial charge >= 0.3 is 13.3 Å². The Morgan fingerprint density at radius 2 is 1.94 bits per heavy atom. The highest BCUT2D eigenvalue weighted by atomic mass is 16.6. The minimum atomic E-state index is -1.82. The van der Waals surface area contributed by atoms with E-state index in [2.05, 4.69) is 4.65 Å². The van der Waals surface area contributed by atoms with Gasteiger partial charge in [0.05, 0.1) is 6.61 Å². The Kier molecular flexibility index (Phi) is 5.52. The van der Waals surface area contributed by atoms with Gasteiger partial charge in [0.2, 0.25) is 0 Å². The molecule has 2 N–H and O–H groups in total. The average molecular weight is 238 g/mol. The molecule has 0 aliphatic carbocycles. The maximum atomic E-state index is 11.1. The fraction of sp³-hybridized carbons (Fsp3) is 0.364. The van der Waals surface area contributed by atoms with E-state index in [9.17, 15) is 4.79 Å². The summed E-state index contributed by atoms with van der Waals surface area (Å²) in [5, 5.41) is 17.2. The van der Waals surface area contributed by atoms with Gasteiger partial charge in [-0.1, -0.05) is 12.1 Å². The molecule has 17 heavy (non-hydrogen) atoms. The first-order valence-electron chi connectivity index (χ1n) is 5.39. The van der Waals surface area contributed by atoms with E-state index < -0.39 is 7.32 Å². The zero-order valence-electron chi connectivity index (χ0n) is 9.63. The van der Waals surface area contributed by atoms with Gasteiger partial charge in [-0.2, -0.15) is 0 Å². The molecule has 0 atom stereocenters. The molecule has 1 rings (SSSR count). The number of carbonyl (C=O) groups excluding carboxylic acids is 1. The first kappa shape index (κ1) is 13.5. The molecule has 6 heteroatoms. The number of hydrogen-bond donors (Lipinski definition) is 2. The standard InChI is InChI=1S/C11H15BO5/c1-2-16-11(13)8-5-9-3-6-10(7-4-9)17-12(14)15/h3-4,6-7,14-15H,2,5,8H2,1H3. The largest absolute Gasteiger partial charge is 0.707 e. The topological polar surface area (TPSA) is 76.0 Å². The molecule has 0 heterocycles. The monoisotopic (exact) mass is 238 g/mol. The molecule has 0 spiro atoms. The highest BCUT2D eigenvalue weighted by Crippen LogP contribution is 2.13. The van der Waals surface area contributed by atoms with Crippen LogP contribution in [-0.2, 0) is 16.0 Å². The molecule has 1 aromatic carbocycles. The maximum Gasteiger partial charge on any atom is 0.707 e. The molecule has 0 aliphatic rings. The number of aryl methyl sites for hydroxylation is 1. The number of benzene rings is 1. The quantitative estimate of drug-likeness (QED) is 0.558. The van der Waals surface area contributed by atoms with Crippen molar-refractivity contribution in [2.75, 3.05) is 6.61 Å². The van der Waals surface area contributed by atoms with Crippen LogP contribution in [0, 0.1) is 0 Å². The summed E-state index contributed by atoms with van der Waals surface area (Å²) in [5.41, 5.74) is 0.956. The fourth-order valence-corrected chi connectivity index (χ4v) is 1.34. The predicted octanol–water partition coefficient (Wildman–Crippen LogP) is 0.531. The average Bonchev–Trinajstić information content (AvgIpc) is 2.28. The molecule has 1 aromatic rings. The summed E-state index contributed by atoms with van der Waals surface area (Å²) in [6.07, 6.45) is 0.914. The molecule has 0 saturated heterocycles. The van der Waals surface area contributed by atoms with Crippen LogP contribution >= 0.6 is 0 Å². The highest BCUT2D eigenvalue weighted by Gasteiger charge is 2.10. The minimum Gasteiger partial charge on any atom is -0.512 e. The second-order valence-electron chi connectivity index (χ2n) is 3.39. The van der Waals surface area contributed by atoms with Crippen LogP contribution in [0.2, 0.25) is 0 Å². The summed E-state index contributed by atoms with van der Waals surface area (Å²) < 4.78 is 9.46. The van der Waals surface area contributed by atoms with Gasteiger partial charge in [0.15, 0.2) is 0 Å². The molecule has 0 amide bonds. The highest BCUT2D eigenvalue weighted by molar-refractivity contribution is 6.33.